The Hall–Kier alpha value is -4.35. The zero-order valence-corrected chi connectivity index (χ0v) is 20.0. The molecule has 0 atom stereocenters. The van der Waals surface area contributed by atoms with Gasteiger partial charge in [0.25, 0.3) is 5.91 Å². The standard InChI is InChI=1S/C27H20FN3O3S/c1-15(12-13-29)24-16(2)23(27(33)34-3)26(35-24)31-25(32)20-14-22(17-8-10-18(28)11-9-17)30-21-7-5-4-6-19(20)21/h4-12,14H,1-3H3,(H,31,32)/b15-12+. The molecule has 0 aliphatic rings. The molecule has 0 aliphatic heterocycles. The number of aromatic nitrogens is 1. The molecule has 4 aromatic rings. The molecule has 1 amide bonds. The fourth-order valence-corrected chi connectivity index (χ4v) is 4.95. The number of allylic oxidation sites excluding steroid dienone is 2. The number of hydrogen-bond acceptors (Lipinski definition) is 6. The highest BCUT2D eigenvalue weighted by Crippen LogP contribution is 2.38. The van der Waals surface area contributed by atoms with Crippen molar-refractivity contribution in [2.24, 2.45) is 0 Å². The van der Waals surface area contributed by atoms with Gasteiger partial charge in [0.15, 0.2) is 0 Å². The first-order valence-corrected chi connectivity index (χ1v) is 11.4. The Morgan fingerprint density at radius 1 is 1.17 bits per heavy atom. The van der Waals surface area contributed by atoms with E-state index in [1.54, 1.807) is 44.2 Å². The van der Waals surface area contributed by atoms with Crippen LogP contribution in [-0.2, 0) is 4.74 Å². The lowest BCUT2D eigenvalue weighted by atomic mass is 10.0. The van der Waals surface area contributed by atoms with Crippen molar-refractivity contribution in [1.82, 2.24) is 4.98 Å². The summed E-state index contributed by atoms with van der Waals surface area (Å²) in [4.78, 5) is 31.4. The Balaban J connectivity index is 1.83. The quantitative estimate of drug-likeness (QED) is 0.262. The van der Waals surface area contributed by atoms with Crippen LogP contribution in [0.5, 0.6) is 0 Å². The lowest BCUT2D eigenvalue weighted by molar-refractivity contribution is 0.0601. The SMILES string of the molecule is COC(=O)c1c(NC(=O)c2cc(-c3ccc(F)cc3)nc3ccccc23)sc(/C(C)=C/C#N)c1C. The van der Waals surface area contributed by atoms with Gasteiger partial charge in [-0.15, -0.1) is 11.3 Å². The average Bonchev–Trinajstić information content (AvgIpc) is 3.19. The molecular formula is C27H20FN3O3S. The summed E-state index contributed by atoms with van der Waals surface area (Å²) in [7, 11) is 1.27. The maximum Gasteiger partial charge on any atom is 0.341 e. The van der Waals surface area contributed by atoms with Crippen molar-refractivity contribution < 1.29 is 18.7 Å². The molecule has 1 N–H and O–H groups in total. The number of fused-ring (bicyclic) bond motifs is 1. The van der Waals surface area contributed by atoms with Crippen LogP contribution in [-0.4, -0.2) is 24.0 Å². The summed E-state index contributed by atoms with van der Waals surface area (Å²) in [5.41, 5.74) is 3.65. The monoisotopic (exact) mass is 485 g/mol. The summed E-state index contributed by atoms with van der Waals surface area (Å²) in [5.74, 6) is -1.39. The Kier molecular flexibility index (Phi) is 6.71. The molecule has 0 aliphatic carbocycles. The van der Waals surface area contributed by atoms with Crippen LogP contribution < -0.4 is 5.32 Å². The molecule has 35 heavy (non-hydrogen) atoms. The van der Waals surface area contributed by atoms with Gasteiger partial charge < -0.3 is 10.1 Å². The predicted molar refractivity (Wildman–Crippen MR) is 135 cm³/mol. The van der Waals surface area contributed by atoms with Crippen LogP contribution >= 0.6 is 11.3 Å². The number of methoxy groups -OCH3 is 1. The maximum absolute atomic E-state index is 13.5. The third-order valence-electron chi connectivity index (χ3n) is 5.50. The number of esters is 1. The van der Waals surface area contributed by atoms with Crippen molar-refractivity contribution in [3.63, 3.8) is 0 Å². The third kappa shape index (κ3) is 4.67. The molecule has 0 saturated carbocycles. The second kappa shape index (κ2) is 9.87. The van der Waals surface area contributed by atoms with Gasteiger partial charge in [0, 0.05) is 21.9 Å². The van der Waals surface area contributed by atoms with E-state index in [-0.39, 0.29) is 11.4 Å². The third-order valence-corrected chi connectivity index (χ3v) is 6.85. The van der Waals surface area contributed by atoms with Crippen molar-refractivity contribution in [2.75, 3.05) is 12.4 Å². The largest absolute Gasteiger partial charge is 0.465 e. The number of nitriles is 1. The van der Waals surface area contributed by atoms with Crippen LogP contribution in [0.4, 0.5) is 9.39 Å². The molecule has 2 heterocycles. The Labute approximate surface area is 205 Å². The molecule has 0 spiro atoms. The average molecular weight is 486 g/mol. The second-order valence-corrected chi connectivity index (χ2v) is 8.76. The summed E-state index contributed by atoms with van der Waals surface area (Å²) in [6.45, 7) is 3.51. The van der Waals surface area contributed by atoms with E-state index >= 15 is 0 Å². The van der Waals surface area contributed by atoms with Crippen LogP contribution in [0.1, 0.15) is 38.1 Å². The minimum atomic E-state index is -0.586. The first-order valence-electron chi connectivity index (χ1n) is 10.6. The van der Waals surface area contributed by atoms with E-state index in [0.717, 1.165) is 0 Å². The summed E-state index contributed by atoms with van der Waals surface area (Å²) >= 11 is 1.20. The van der Waals surface area contributed by atoms with Crippen molar-refractivity contribution in [1.29, 1.82) is 5.26 Å². The number of para-hydroxylation sites is 1. The fourth-order valence-electron chi connectivity index (χ4n) is 3.79. The smallest absolute Gasteiger partial charge is 0.341 e. The van der Waals surface area contributed by atoms with Gasteiger partial charge in [-0.1, -0.05) is 18.2 Å². The van der Waals surface area contributed by atoms with Crippen molar-refractivity contribution >= 4 is 44.7 Å². The van der Waals surface area contributed by atoms with Gasteiger partial charge in [-0.2, -0.15) is 5.26 Å². The van der Waals surface area contributed by atoms with Crippen molar-refractivity contribution in [3.05, 3.63) is 88.1 Å². The molecule has 2 aromatic heterocycles. The topological polar surface area (TPSA) is 92.1 Å². The van der Waals surface area contributed by atoms with Crippen LogP contribution in [0.3, 0.4) is 0 Å². The van der Waals surface area contributed by atoms with Gasteiger partial charge >= 0.3 is 5.97 Å². The molecule has 174 valence electrons. The second-order valence-electron chi connectivity index (χ2n) is 7.74. The molecule has 0 fully saturated rings. The van der Waals surface area contributed by atoms with Crippen LogP contribution in [0.25, 0.3) is 27.7 Å². The Morgan fingerprint density at radius 2 is 1.89 bits per heavy atom. The van der Waals surface area contributed by atoms with Crippen molar-refractivity contribution in [3.8, 4) is 17.3 Å². The molecule has 6 nitrogen and oxygen atoms in total. The van der Waals surface area contributed by atoms with E-state index in [4.69, 9.17) is 10.00 Å². The molecule has 2 aromatic carbocycles. The Bertz CT molecular complexity index is 1530. The highest BCUT2D eigenvalue weighted by Gasteiger charge is 2.25. The Morgan fingerprint density at radius 3 is 2.57 bits per heavy atom. The lowest BCUT2D eigenvalue weighted by Crippen LogP contribution is -2.15. The lowest BCUT2D eigenvalue weighted by Gasteiger charge is -2.11. The predicted octanol–water partition coefficient (Wildman–Crippen LogP) is 6.38. The number of amides is 1. The molecule has 0 saturated heterocycles. The van der Waals surface area contributed by atoms with Gasteiger partial charge in [0.1, 0.15) is 10.8 Å². The van der Waals surface area contributed by atoms with Crippen molar-refractivity contribution in [2.45, 2.75) is 13.8 Å². The highest BCUT2D eigenvalue weighted by molar-refractivity contribution is 7.18. The number of nitrogens with one attached hydrogen (secondary N) is 1. The summed E-state index contributed by atoms with van der Waals surface area (Å²) < 4.78 is 18.4. The highest BCUT2D eigenvalue weighted by atomic mass is 32.1. The zero-order valence-electron chi connectivity index (χ0n) is 19.2. The number of thiophene rings is 1. The number of hydrogen-bond donors (Lipinski definition) is 1. The van der Waals surface area contributed by atoms with E-state index < -0.39 is 11.9 Å². The number of carbonyl (C=O) groups excluding carboxylic acids is 2. The minimum Gasteiger partial charge on any atom is -0.465 e. The van der Waals surface area contributed by atoms with Crippen LogP contribution in [0.15, 0.2) is 60.7 Å². The molecule has 8 heteroatoms. The maximum atomic E-state index is 13.5. The van der Waals surface area contributed by atoms with E-state index in [1.165, 1.54) is 36.7 Å². The molecule has 0 bridgehead atoms. The number of benzene rings is 2. The fraction of sp³-hybridized carbons (Fsp3) is 0.111. The molecule has 4 rings (SSSR count). The van der Waals surface area contributed by atoms with Gasteiger partial charge in [0.2, 0.25) is 0 Å². The van der Waals surface area contributed by atoms with E-state index in [2.05, 4.69) is 10.3 Å². The zero-order chi connectivity index (χ0) is 25.1. The summed E-state index contributed by atoms with van der Waals surface area (Å²) in [6, 6.07) is 16.7. The van der Waals surface area contributed by atoms with Gasteiger partial charge in [0.05, 0.1) is 35.5 Å². The number of rotatable bonds is 5. The number of anilines is 1. The van der Waals surface area contributed by atoms with Crippen LogP contribution in [0, 0.1) is 24.1 Å². The van der Waals surface area contributed by atoms with E-state index in [1.807, 2.05) is 18.2 Å². The number of carbonyl (C=O) groups is 2. The normalized spacial score (nSPS) is 11.2. The van der Waals surface area contributed by atoms with Gasteiger partial charge in [-0.05, 0) is 61.4 Å². The summed E-state index contributed by atoms with van der Waals surface area (Å²) in [5, 5.41) is 12.9. The van der Waals surface area contributed by atoms with E-state index in [9.17, 15) is 14.0 Å². The van der Waals surface area contributed by atoms with Gasteiger partial charge in [-0.25, -0.2) is 14.2 Å². The number of ether oxygens (including phenoxy) is 1. The molecular weight excluding hydrogens is 465 g/mol. The first kappa shape index (κ1) is 23.8. The number of nitrogens with zero attached hydrogens (tertiary/aromatic N) is 2. The molecule has 0 radical (unpaired) electrons. The number of pyridine rings is 1. The number of halogens is 1. The van der Waals surface area contributed by atoms with E-state index in [0.29, 0.717) is 48.7 Å². The molecule has 0 unspecified atom stereocenters. The van der Waals surface area contributed by atoms with Gasteiger partial charge in [-0.3, -0.25) is 4.79 Å². The van der Waals surface area contributed by atoms with Crippen LogP contribution in [0.2, 0.25) is 0 Å². The minimum absolute atomic E-state index is 0.239. The first-order chi connectivity index (χ1) is 16.8. The summed E-state index contributed by atoms with van der Waals surface area (Å²) in [6.07, 6.45) is 1.39.